The van der Waals surface area contributed by atoms with Crippen LogP contribution in [0.3, 0.4) is 0 Å². The van der Waals surface area contributed by atoms with Crippen LogP contribution in [0.5, 0.6) is 5.75 Å². The zero-order chi connectivity index (χ0) is 18.5. The van der Waals surface area contributed by atoms with Crippen LogP contribution in [0.4, 0.5) is 4.39 Å². The molecular formula is C19H18FN3O2S. The molecule has 0 aliphatic carbocycles. The highest BCUT2D eigenvalue weighted by Gasteiger charge is 2.17. The van der Waals surface area contributed by atoms with Gasteiger partial charge in [0.1, 0.15) is 17.3 Å². The van der Waals surface area contributed by atoms with E-state index in [4.69, 9.17) is 4.74 Å². The SMILES string of the molecule is COc1cccc(CNC(=O)c2cnc(SC)n2-c2ccc(F)cc2)c1. The predicted octanol–water partition coefficient (Wildman–Crippen LogP) is 3.67. The molecule has 3 aromatic rings. The molecule has 0 atom stereocenters. The summed E-state index contributed by atoms with van der Waals surface area (Å²) < 4.78 is 20.1. The van der Waals surface area contributed by atoms with Crippen molar-refractivity contribution in [2.75, 3.05) is 13.4 Å². The molecule has 0 saturated heterocycles. The molecule has 0 unspecified atom stereocenters. The van der Waals surface area contributed by atoms with Gasteiger partial charge in [-0.2, -0.15) is 0 Å². The van der Waals surface area contributed by atoms with Crippen molar-refractivity contribution in [3.05, 3.63) is 71.8 Å². The number of aromatic nitrogens is 2. The van der Waals surface area contributed by atoms with Gasteiger partial charge in [0.25, 0.3) is 5.91 Å². The van der Waals surface area contributed by atoms with E-state index in [1.165, 1.54) is 30.1 Å². The van der Waals surface area contributed by atoms with Gasteiger partial charge in [-0.25, -0.2) is 9.37 Å². The molecule has 2 aromatic carbocycles. The van der Waals surface area contributed by atoms with Crippen molar-refractivity contribution in [2.45, 2.75) is 11.7 Å². The Kier molecular flexibility index (Phi) is 5.58. The van der Waals surface area contributed by atoms with Crippen LogP contribution in [0.2, 0.25) is 0 Å². The maximum atomic E-state index is 13.2. The topological polar surface area (TPSA) is 56.1 Å². The lowest BCUT2D eigenvalue weighted by molar-refractivity contribution is 0.0943. The third-order valence-electron chi connectivity index (χ3n) is 3.82. The molecule has 0 aliphatic rings. The maximum absolute atomic E-state index is 13.2. The molecule has 1 aromatic heterocycles. The third kappa shape index (κ3) is 3.88. The predicted molar refractivity (Wildman–Crippen MR) is 99.5 cm³/mol. The minimum atomic E-state index is -0.330. The fraction of sp³-hybridized carbons (Fsp3) is 0.158. The molecule has 0 fully saturated rings. The van der Waals surface area contributed by atoms with Gasteiger partial charge < -0.3 is 10.1 Å². The molecule has 0 saturated carbocycles. The first kappa shape index (κ1) is 18.0. The van der Waals surface area contributed by atoms with Gasteiger partial charge >= 0.3 is 0 Å². The number of benzene rings is 2. The third-order valence-corrected chi connectivity index (χ3v) is 4.47. The average Bonchev–Trinajstić information content (AvgIpc) is 3.11. The first-order valence-corrected chi connectivity index (χ1v) is 9.13. The van der Waals surface area contributed by atoms with E-state index in [0.717, 1.165) is 11.3 Å². The summed E-state index contributed by atoms with van der Waals surface area (Å²) in [4.78, 5) is 17.0. The number of carbonyl (C=O) groups excluding carboxylic acids is 1. The van der Waals surface area contributed by atoms with Gasteiger partial charge in [-0.15, -0.1) is 0 Å². The Hall–Kier alpha value is -2.80. The van der Waals surface area contributed by atoms with Crippen LogP contribution in [0.1, 0.15) is 16.1 Å². The number of hydrogen-bond acceptors (Lipinski definition) is 4. The summed E-state index contributed by atoms with van der Waals surface area (Å²) in [5.74, 6) is 0.145. The Labute approximate surface area is 155 Å². The summed E-state index contributed by atoms with van der Waals surface area (Å²) in [7, 11) is 1.60. The van der Waals surface area contributed by atoms with E-state index in [-0.39, 0.29) is 11.7 Å². The Balaban J connectivity index is 1.83. The highest BCUT2D eigenvalue weighted by Crippen LogP contribution is 2.22. The highest BCUT2D eigenvalue weighted by molar-refractivity contribution is 7.98. The molecule has 1 heterocycles. The van der Waals surface area contributed by atoms with Gasteiger partial charge in [-0.3, -0.25) is 9.36 Å². The Morgan fingerprint density at radius 2 is 2.04 bits per heavy atom. The largest absolute Gasteiger partial charge is 0.497 e. The van der Waals surface area contributed by atoms with E-state index in [2.05, 4.69) is 10.3 Å². The lowest BCUT2D eigenvalue weighted by Gasteiger charge is -2.11. The van der Waals surface area contributed by atoms with Crippen LogP contribution in [0.15, 0.2) is 59.9 Å². The van der Waals surface area contributed by atoms with Crippen molar-refractivity contribution in [1.82, 2.24) is 14.9 Å². The van der Waals surface area contributed by atoms with Crippen LogP contribution in [-0.4, -0.2) is 28.8 Å². The standard InChI is InChI=1S/C19H18FN3O2S/c1-25-16-5-3-4-13(10-16)11-21-18(24)17-12-22-19(26-2)23(17)15-8-6-14(20)7-9-15/h3-10,12H,11H2,1-2H3,(H,21,24). The number of imidazole rings is 1. The second kappa shape index (κ2) is 8.05. The van der Waals surface area contributed by atoms with Gasteiger partial charge in [0, 0.05) is 12.2 Å². The monoisotopic (exact) mass is 371 g/mol. The van der Waals surface area contributed by atoms with Crippen molar-refractivity contribution >= 4 is 17.7 Å². The molecule has 0 bridgehead atoms. The molecule has 1 amide bonds. The van der Waals surface area contributed by atoms with Crippen molar-refractivity contribution in [1.29, 1.82) is 0 Å². The summed E-state index contributed by atoms with van der Waals surface area (Å²) in [5, 5.41) is 3.54. The Morgan fingerprint density at radius 3 is 2.73 bits per heavy atom. The van der Waals surface area contributed by atoms with E-state index in [1.54, 1.807) is 23.8 Å². The van der Waals surface area contributed by atoms with Crippen molar-refractivity contribution in [2.24, 2.45) is 0 Å². The van der Waals surface area contributed by atoms with Crippen LogP contribution in [0.25, 0.3) is 5.69 Å². The van der Waals surface area contributed by atoms with Gasteiger partial charge in [-0.05, 0) is 48.2 Å². The van der Waals surface area contributed by atoms with Crippen LogP contribution in [-0.2, 0) is 6.54 Å². The maximum Gasteiger partial charge on any atom is 0.270 e. The summed E-state index contributed by atoms with van der Waals surface area (Å²) in [6.45, 7) is 0.360. The van der Waals surface area contributed by atoms with Gasteiger partial charge in [0.2, 0.25) is 0 Å². The molecular weight excluding hydrogens is 353 g/mol. The Bertz CT molecular complexity index is 909. The second-order valence-corrected chi connectivity index (χ2v) is 6.25. The molecule has 0 spiro atoms. The van der Waals surface area contributed by atoms with Gasteiger partial charge in [0.15, 0.2) is 5.16 Å². The second-order valence-electron chi connectivity index (χ2n) is 5.48. The minimum Gasteiger partial charge on any atom is -0.497 e. The van der Waals surface area contributed by atoms with Crippen molar-refractivity contribution < 1.29 is 13.9 Å². The number of hydrogen-bond donors (Lipinski definition) is 1. The molecule has 26 heavy (non-hydrogen) atoms. The number of methoxy groups -OCH3 is 1. The Morgan fingerprint density at radius 1 is 1.27 bits per heavy atom. The lowest BCUT2D eigenvalue weighted by Crippen LogP contribution is -2.25. The zero-order valence-corrected chi connectivity index (χ0v) is 15.2. The number of nitrogens with zero attached hydrogens (tertiary/aromatic N) is 2. The van der Waals surface area contributed by atoms with Crippen LogP contribution in [0, 0.1) is 5.82 Å². The van der Waals surface area contributed by atoms with Crippen LogP contribution >= 0.6 is 11.8 Å². The fourth-order valence-corrected chi connectivity index (χ4v) is 3.08. The number of thioether (sulfide) groups is 1. The van der Waals surface area contributed by atoms with E-state index in [0.29, 0.717) is 23.1 Å². The van der Waals surface area contributed by atoms with Crippen molar-refractivity contribution in [3.8, 4) is 11.4 Å². The highest BCUT2D eigenvalue weighted by atomic mass is 32.2. The van der Waals surface area contributed by atoms with E-state index in [9.17, 15) is 9.18 Å². The number of carbonyl (C=O) groups is 1. The molecule has 3 rings (SSSR count). The van der Waals surface area contributed by atoms with Crippen molar-refractivity contribution in [3.63, 3.8) is 0 Å². The number of rotatable bonds is 6. The summed E-state index contributed by atoms with van der Waals surface area (Å²) in [6.07, 6.45) is 3.40. The number of nitrogens with one attached hydrogen (secondary N) is 1. The minimum absolute atomic E-state index is 0.259. The first-order valence-electron chi connectivity index (χ1n) is 7.91. The first-order chi connectivity index (χ1) is 12.6. The smallest absolute Gasteiger partial charge is 0.270 e. The molecule has 1 N–H and O–H groups in total. The van der Waals surface area contributed by atoms with Crippen LogP contribution < -0.4 is 10.1 Å². The molecule has 5 nitrogen and oxygen atoms in total. The zero-order valence-electron chi connectivity index (χ0n) is 14.4. The number of ether oxygens (including phenoxy) is 1. The summed E-state index contributed by atoms with van der Waals surface area (Å²) in [5.41, 5.74) is 2.00. The lowest BCUT2D eigenvalue weighted by atomic mass is 10.2. The summed E-state index contributed by atoms with van der Waals surface area (Å²) >= 11 is 1.41. The molecule has 0 radical (unpaired) electrons. The number of halogens is 1. The number of amides is 1. The summed E-state index contributed by atoms with van der Waals surface area (Å²) in [6, 6.07) is 13.5. The molecule has 7 heteroatoms. The van der Waals surface area contributed by atoms with E-state index in [1.807, 2.05) is 30.5 Å². The van der Waals surface area contributed by atoms with Gasteiger partial charge in [-0.1, -0.05) is 23.9 Å². The molecule has 134 valence electrons. The van der Waals surface area contributed by atoms with E-state index >= 15 is 0 Å². The molecule has 0 aliphatic heterocycles. The van der Waals surface area contributed by atoms with Gasteiger partial charge in [0.05, 0.1) is 13.3 Å². The normalized spacial score (nSPS) is 10.6. The quantitative estimate of drug-likeness (QED) is 0.672. The van der Waals surface area contributed by atoms with E-state index < -0.39 is 0 Å². The average molecular weight is 371 g/mol. The fourth-order valence-electron chi connectivity index (χ4n) is 2.53.